The van der Waals surface area contributed by atoms with Gasteiger partial charge in [0.15, 0.2) is 0 Å². The van der Waals surface area contributed by atoms with Gasteiger partial charge in [-0.15, -0.1) is 0 Å². The first-order valence-corrected chi connectivity index (χ1v) is 8.12. The number of aliphatic hydroxyl groups excluding tert-OH is 1. The zero-order valence-corrected chi connectivity index (χ0v) is 14.2. The van der Waals surface area contributed by atoms with E-state index in [1.807, 2.05) is 36.4 Å². The average molecular weight is 363 g/mol. The van der Waals surface area contributed by atoms with Crippen LogP contribution in [0.25, 0.3) is 11.1 Å². The van der Waals surface area contributed by atoms with Gasteiger partial charge in [-0.1, -0.05) is 40.2 Å². The molecule has 0 heterocycles. The predicted octanol–water partition coefficient (Wildman–Crippen LogP) is 4.05. The largest absolute Gasteiger partial charge is 0.493 e. The molecule has 1 aliphatic rings. The molecule has 22 heavy (non-hydrogen) atoms. The van der Waals surface area contributed by atoms with Gasteiger partial charge in [0.1, 0.15) is 11.9 Å². The molecule has 1 atom stereocenters. The van der Waals surface area contributed by atoms with Gasteiger partial charge in [-0.3, -0.25) is 0 Å². The van der Waals surface area contributed by atoms with Gasteiger partial charge < -0.3 is 14.9 Å². The van der Waals surface area contributed by atoms with E-state index in [2.05, 4.69) is 15.9 Å². The summed E-state index contributed by atoms with van der Waals surface area (Å²) in [7, 11) is 0. The summed E-state index contributed by atoms with van der Waals surface area (Å²) in [5, 5.41) is 20.3. The van der Waals surface area contributed by atoms with E-state index < -0.39 is 11.7 Å². The maximum Gasteiger partial charge on any atom is 0.120 e. The molecule has 1 aliphatic carbocycles. The highest BCUT2D eigenvalue weighted by Crippen LogP contribution is 2.48. The van der Waals surface area contributed by atoms with E-state index in [9.17, 15) is 10.2 Å². The number of benzene rings is 2. The minimum Gasteiger partial charge on any atom is -0.493 e. The Morgan fingerprint density at radius 1 is 1.18 bits per heavy atom. The van der Waals surface area contributed by atoms with Crippen molar-refractivity contribution in [2.45, 2.75) is 32.0 Å². The molecule has 116 valence electrons. The molecule has 3 rings (SSSR count). The highest BCUT2D eigenvalue weighted by Gasteiger charge is 2.29. The molecule has 0 saturated heterocycles. The fraction of sp³-hybridized carbons (Fsp3) is 0.333. The van der Waals surface area contributed by atoms with E-state index >= 15 is 0 Å². The SMILES string of the molecule is CC(C)(O)CCOc1cc(Br)c2c(c1)[C@H](O)c1ccccc1-2. The summed E-state index contributed by atoms with van der Waals surface area (Å²) in [5.41, 5.74) is 3.11. The number of fused-ring (bicyclic) bond motifs is 3. The van der Waals surface area contributed by atoms with Crippen molar-refractivity contribution in [2.75, 3.05) is 6.61 Å². The van der Waals surface area contributed by atoms with Crippen molar-refractivity contribution in [1.82, 2.24) is 0 Å². The van der Waals surface area contributed by atoms with E-state index in [-0.39, 0.29) is 0 Å². The van der Waals surface area contributed by atoms with Gasteiger partial charge >= 0.3 is 0 Å². The van der Waals surface area contributed by atoms with Crippen molar-refractivity contribution in [2.24, 2.45) is 0 Å². The van der Waals surface area contributed by atoms with Gasteiger partial charge in [0.05, 0.1) is 12.2 Å². The maximum absolute atomic E-state index is 10.5. The summed E-state index contributed by atoms with van der Waals surface area (Å²) >= 11 is 3.59. The van der Waals surface area contributed by atoms with Gasteiger partial charge in [0, 0.05) is 16.5 Å². The van der Waals surface area contributed by atoms with Gasteiger partial charge in [0.2, 0.25) is 0 Å². The van der Waals surface area contributed by atoms with Crippen molar-refractivity contribution in [3.63, 3.8) is 0 Å². The van der Waals surface area contributed by atoms with Crippen LogP contribution in [0.2, 0.25) is 0 Å². The highest BCUT2D eigenvalue weighted by molar-refractivity contribution is 9.10. The molecule has 0 bridgehead atoms. The Kier molecular flexibility index (Phi) is 4.02. The Bertz CT molecular complexity index is 704. The smallest absolute Gasteiger partial charge is 0.120 e. The van der Waals surface area contributed by atoms with Crippen LogP contribution in [-0.4, -0.2) is 22.4 Å². The summed E-state index contributed by atoms with van der Waals surface area (Å²) in [5.74, 6) is 0.696. The molecular weight excluding hydrogens is 344 g/mol. The van der Waals surface area contributed by atoms with E-state index in [0.29, 0.717) is 18.8 Å². The van der Waals surface area contributed by atoms with E-state index in [1.165, 1.54) is 0 Å². The molecule has 2 aromatic carbocycles. The molecule has 0 radical (unpaired) electrons. The van der Waals surface area contributed by atoms with Crippen molar-refractivity contribution in [1.29, 1.82) is 0 Å². The van der Waals surface area contributed by atoms with E-state index in [4.69, 9.17) is 4.74 Å². The van der Waals surface area contributed by atoms with Crippen LogP contribution in [0, 0.1) is 0 Å². The number of ether oxygens (including phenoxy) is 1. The van der Waals surface area contributed by atoms with Gasteiger partial charge in [-0.25, -0.2) is 0 Å². The molecule has 0 aromatic heterocycles. The van der Waals surface area contributed by atoms with E-state index in [0.717, 1.165) is 26.7 Å². The third-order valence-corrected chi connectivity index (χ3v) is 4.52. The average Bonchev–Trinajstić information content (AvgIpc) is 2.72. The van der Waals surface area contributed by atoms with Crippen LogP contribution in [0.3, 0.4) is 0 Å². The molecular formula is C18H19BrO3. The van der Waals surface area contributed by atoms with Crippen LogP contribution < -0.4 is 4.74 Å². The topological polar surface area (TPSA) is 49.7 Å². The minimum absolute atomic E-state index is 0.428. The summed E-state index contributed by atoms with van der Waals surface area (Å²) in [6.07, 6.45) is -0.0786. The second-order valence-electron chi connectivity index (χ2n) is 6.27. The first kappa shape index (κ1) is 15.5. The van der Waals surface area contributed by atoms with E-state index in [1.54, 1.807) is 13.8 Å². The summed E-state index contributed by atoms with van der Waals surface area (Å²) in [6.45, 7) is 3.95. The van der Waals surface area contributed by atoms with Gasteiger partial charge in [-0.05, 0) is 42.7 Å². The Hall–Kier alpha value is -1.36. The standard InChI is InChI=1S/C18H19BrO3/c1-18(2,21)7-8-22-11-9-14-16(15(19)10-11)12-5-3-4-6-13(12)17(14)20/h3-6,9-10,17,20-21H,7-8H2,1-2H3/t17-/m1/s1. The fourth-order valence-electron chi connectivity index (χ4n) is 2.73. The molecule has 0 aliphatic heterocycles. The Morgan fingerprint density at radius 2 is 1.91 bits per heavy atom. The molecule has 0 saturated carbocycles. The van der Waals surface area contributed by atoms with Crippen LogP contribution >= 0.6 is 15.9 Å². The van der Waals surface area contributed by atoms with Crippen molar-refractivity contribution < 1.29 is 14.9 Å². The van der Waals surface area contributed by atoms with Crippen LogP contribution in [-0.2, 0) is 0 Å². The summed E-state index contributed by atoms with van der Waals surface area (Å²) in [6, 6.07) is 11.7. The Labute approximate surface area is 138 Å². The normalized spacial score (nSPS) is 16.3. The fourth-order valence-corrected chi connectivity index (χ4v) is 3.40. The molecule has 3 nitrogen and oxygen atoms in total. The van der Waals surface area contributed by atoms with Crippen molar-refractivity contribution in [3.05, 3.63) is 52.0 Å². The second kappa shape index (κ2) is 5.69. The summed E-state index contributed by atoms with van der Waals surface area (Å²) < 4.78 is 6.64. The quantitative estimate of drug-likeness (QED) is 0.862. The zero-order valence-electron chi connectivity index (χ0n) is 12.6. The van der Waals surface area contributed by atoms with Gasteiger partial charge in [0.25, 0.3) is 0 Å². The lowest BCUT2D eigenvalue weighted by Crippen LogP contribution is -2.21. The molecule has 0 spiro atoms. The summed E-state index contributed by atoms with van der Waals surface area (Å²) in [4.78, 5) is 0. The first-order valence-electron chi connectivity index (χ1n) is 7.33. The Balaban J connectivity index is 1.89. The van der Waals surface area contributed by atoms with Crippen LogP contribution in [0.15, 0.2) is 40.9 Å². The number of aliphatic hydroxyl groups is 2. The Morgan fingerprint density at radius 3 is 2.64 bits per heavy atom. The molecule has 2 aromatic rings. The lowest BCUT2D eigenvalue weighted by atomic mass is 10.1. The van der Waals surface area contributed by atoms with Crippen LogP contribution in [0.1, 0.15) is 37.5 Å². The van der Waals surface area contributed by atoms with Crippen molar-refractivity contribution in [3.8, 4) is 16.9 Å². The zero-order chi connectivity index (χ0) is 15.9. The van der Waals surface area contributed by atoms with Gasteiger partial charge in [-0.2, -0.15) is 0 Å². The molecule has 0 fully saturated rings. The number of rotatable bonds is 4. The number of hydrogen-bond acceptors (Lipinski definition) is 3. The highest BCUT2D eigenvalue weighted by atomic mass is 79.9. The molecule has 0 amide bonds. The lowest BCUT2D eigenvalue weighted by molar-refractivity contribution is 0.0553. The number of halogens is 1. The second-order valence-corrected chi connectivity index (χ2v) is 7.12. The first-order chi connectivity index (χ1) is 10.4. The molecule has 2 N–H and O–H groups in total. The minimum atomic E-state index is -0.746. The third kappa shape index (κ3) is 2.91. The van der Waals surface area contributed by atoms with Crippen LogP contribution in [0.4, 0.5) is 0 Å². The lowest BCUT2D eigenvalue weighted by Gasteiger charge is -2.18. The predicted molar refractivity (Wildman–Crippen MR) is 90.0 cm³/mol. The third-order valence-electron chi connectivity index (χ3n) is 3.90. The van der Waals surface area contributed by atoms with Crippen LogP contribution in [0.5, 0.6) is 5.75 Å². The maximum atomic E-state index is 10.5. The van der Waals surface area contributed by atoms with Crippen molar-refractivity contribution >= 4 is 15.9 Å². The molecule has 0 unspecified atom stereocenters. The monoisotopic (exact) mass is 362 g/mol. The molecule has 4 heteroatoms. The number of hydrogen-bond donors (Lipinski definition) is 2.